The summed E-state index contributed by atoms with van der Waals surface area (Å²) in [5, 5.41) is 3.72. The fraction of sp³-hybridized carbons (Fsp3) is 0.440. The Labute approximate surface area is 165 Å². The zero-order valence-corrected chi connectivity index (χ0v) is 16.9. The lowest BCUT2D eigenvalue weighted by molar-refractivity contribution is 0.107. The van der Waals surface area contributed by atoms with E-state index in [1.807, 2.05) is 11.3 Å². The molecule has 27 heavy (non-hydrogen) atoms. The standard InChI is InChI=1S/C25H26OS/c1-25-11-9-20-19-8-6-18(26-2)13-16(19)5-7-21(20)22(25)14-17-4-3-15-10-12-27-24(15)23(17)25/h3-4,6,8,10,12-13,20-22H,5,7,9,11,14H2,1-2H3/t20?,21?,22?,25-/m0/s1. The number of methoxy groups -OCH3 is 1. The molecule has 0 N–H and O–H groups in total. The van der Waals surface area contributed by atoms with Crippen LogP contribution in [0.15, 0.2) is 41.8 Å². The van der Waals surface area contributed by atoms with Crippen LogP contribution in [0.5, 0.6) is 5.75 Å². The van der Waals surface area contributed by atoms with Gasteiger partial charge >= 0.3 is 0 Å². The zero-order valence-electron chi connectivity index (χ0n) is 16.1. The monoisotopic (exact) mass is 374 g/mol. The van der Waals surface area contributed by atoms with Crippen molar-refractivity contribution in [1.29, 1.82) is 0 Å². The molecule has 3 unspecified atom stereocenters. The van der Waals surface area contributed by atoms with Crippen LogP contribution in [0.1, 0.15) is 54.4 Å². The van der Waals surface area contributed by atoms with Gasteiger partial charge in [-0.1, -0.05) is 25.1 Å². The Morgan fingerprint density at radius 3 is 2.89 bits per heavy atom. The molecule has 1 aromatic heterocycles. The summed E-state index contributed by atoms with van der Waals surface area (Å²) < 4.78 is 7.04. The van der Waals surface area contributed by atoms with Crippen LogP contribution in [0.3, 0.4) is 0 Å². The van der Waals surface area contributed by atoms with Gasteiger partial charge in [0.25, 0.3) is 0 Å². The smallest absolute Gasteiger partial charge is 0.119 e. The summed E-state index contributed by atoms with van der Waals surface area (Å²) in [5.41, 5.74) is 6.87. The van der Waals surface area contributed by atoms with E-state index >= 15 is 0 Å². The van der Waals surface area contributed by atoms with Crippen LogP contribution in [0.2, 0.25) is 0 Å². The highest BCUT2D eigenvalue weighted by atomic mass is 32.1. The molecule has 1 nitrogen and oxygen atoms in total. The predicted octanol–water partition coefficient (Wildman–Crippen LogP) is 6.48. The van der Waals surface area contributed by atoms with Crippen molar-refractivity contribution in [2.24, 2.45) is 11.8 Å². The third-order valence-corrected chi connectivity index (χ3v) is 8.99. The molecule has 6 rings (SSSR count). The van der Waals surface area contributed by atoms with Crippen molar-refractivity contribution >= 4 is 21.4 Å². The minimum atomic E-state index is 0.366. The Hall–Kier alpha value is -1.80. The molecule has 3 aliphatic carbocycles. The average Bonchev–Trinajstić information content (AvgIpc) is 3.28. The molecule has 1 saturated carbocycles. The first kappa shape index (κ1) is 16.2. The highest BCUT2D eigenvalue weighted by Crippen LogP contribution is 2.61. The van der Waals surface area contributed by atoms with Gasteiger partial charge in [-0.05, 0) is 106 Å². The molecule has 0 saturated heterocycles. The van der Waals surface area contributed by atoms with Gasteiger partial charge in [0.05, 0.1) is 7.11 Å². The fourth-order valence-electron chi connectivity index (χ4n) is 6.80. The maximum atomic E-state index is 5.48. The van der Waals surface area contributed by atoms with Gasteiger partial charge in [-0.25, -0.2) is 0 Å². The zero-order chi connectivity index (χ0) is 18.2. The van der Waals surface area contributed by atoms with Crippen LogP contribution < -0.4 is 4.74 Å². The maximum Gasteiger partial charge on any atom is 0.119 e. The molecule has 1 heterocycles. The topological polar surface area (TPSA) is 9.23 Å². The van der Waals surface area contributed by atoms with Crippen LogP contribution >= 0.6 is 11.3 Å². The molecular formula is C25H26OS. The van der Waals surface area contributed by atoms with E-state index in [1.165, 1.54) is 43.1 Å². The summed E-state index contributed by atoms with van der Waals surface area (Å²) in [6, 6.07) is 13.9. The number of hydrogen-bond acceptors (Lipinski definition) is 2. The van der Waals surface area contributed by atoms with Gasteiger partial charge in [0.15, 0.2) is 0 Å². The van der Waals surface area contributed by atoms with Gasteiger partial charge in [0.1, 0.15) is 5.75 Å². The number of benzene rings is 2. The lowest BCUT2D eigenvalue weighted by Crippen LogP contribution is -2.43. The Bertz CT molecular complexity index is 1050. The number of ether oxygens (including phenoxy) is 1. The van der Waals surface area contributed by atoms with E-state index in [0.717, 1.165) is 23.5 Å². The Kier molecular flexibility index (Phi) is 3.36. The van der Waals surface area contributed by atoms with Crippen molar-refractivity contribution in [3.63, 3.8) is 0 Å². The SMILES string of the molecule is COc1ccc2c(c1)CCC1C2CC[C@]2(C)c3c(ccc4ccsc34)CC12. The molecule has 0 aliphatic heterocycles. The molecule has 2 heteroatoms. The minimum absolute atomic E-state index is 0.366. The first-order valence-electron chi connectivity index (χ1n) is 10.4. The quantitative estimate of drug-likeness (QED) is 0.474. The molecule has 0 spiro atoms. The van der Waals surface area contributed by atoms with Crippen LogP contribution in [-0.2, 0) is 18.3 Å². The molecule has 1 fully saturated rings. The van der Waals surface area contributed by atoms with Gasteiger partial charge in [0, 0.05) is 4.70 Å². The van der Waals surface area contributed by atoms with Gasteiger partial charge < -0.3 is 4.74 Å². The van der Waals surface area contributed by atoms with Crippen molar-refractivity contribution in [2.45, 2.75) is 50.4 Å². The Morgan fingerprint density at radius 2 is 2.00 bits per heavy atom. The second kappa shape index (κ2) is 5.61. The van der Waals surface area contributed by atoms with Gasteiger partial charge in [-0.3, -0.25) is 0 Å². The van der Waals surface area contributed by atoms with E-state index in [1.54, 1.807) is 28.5 Å². The summed E-state index contributed by atoms with van der Waals surface area (Å²) >= 11 is 1.96. The molecule has 2 aromatic carbocycles. The molecule has 0 bridgehead atoms. The summed E-state index contributed by atoms with van der Waals surface area (Å²) in [4.78, 5) is 0. The molecule has 3 aromatic rings. The van der Waals surface area contributed by atoms with E-state index in [9.17, 15) is 0 Å². The maximum absolute atomic E-state index is 5.48. The highest BCUT2D eigenvalue weighted by Gasteiger charge is 2.53. The largest absolute Gasteiger partial charge is 0.497 e. The van der Waals surface area contributed by atoms with Gasteiger partial charge in [-0.2, -0.15) is 0 Å². The van der Waals surface area contributed by atoms with Crippen molar-refractivity contribution in [1.82, 2.24) is 0 Å². The number of thiophene rings is 1. The van der Waals surface area contributed by atoms with E-state index in [-0.39, 0.29) is 0 Å². The summed E-state index contributed by atoms with van der Waals surface area (Å²) in [6.45, 7) is 2.59. The van der Waals surface area contributed by atoms with Gasteiger partial charge in [-0.15, -0.1) is 11.3 Å². The number of rotatable bonds is 1. The second-order valence-electron chi connectivity index (χ2n) is 9.08. The summed E-state index contributed by atoms with van der Waals surface area (Å²) in [6.07, 6.45) is 6.50. The number of fused-ring (bicyclic) bond motifs is 9. The summed E-state index contributed by atoms with van der Waals surface area (Å²) in [5.74, 6) is 3.38. The fourth-order valence-corrected chi connectivity index (χ4v) is 7.90. The van der Waals surface area contributed by atoms with E-state index in [0.29, 0.717) is 5.41 Å². The van der Waals surface area contributed by atoms with Crippen LogP contribution in [0.25, 0.3) is 10.1 Å². The van der Waals surface area contributed by atoms with Gasteiger partial charge in [0.2, 0.25) is 0 Å². The number of aryl methyl sites for hydroxylation is 1. The van der Waals surface area contributed by atoms with Crippen molar-refractivity contribution < 1.29 is 4.74 Å². The minimum Gasteiger partial charge on any atom is -0.497 e. The Morgan fingerprint density at radius 1 is 1.07 bits per heavy atom. The van der Waals surface area contributed by atoms with E-state index < -0.39 is 0 Å². The second-order valence-corrected chi connectivity index (χ2v) is 10.00. The molecule has 0 amide bonds. The highest BCUT2D eigenvalue weighted by molar-refractivity contribution is 7.17. The van der Waals surface area contributed by atoms with Crippen molar-refractivity contribution in [3.8, 4) is 5.75 Å². The normalized spacial score (nSPS) is 31.1. The van der Waals surface area contributed by atoms with Crippen LogP contribution in [0, 0.1) is 11.8 Å². The molecular weight excluding hydrogens is 348 g/mol. The summed E-state index contributed by atoms with van der Waals surface area (Å²) in [7, 11) is 1.78. The molecule has 4 atom stereocenters. The lowest BCUT2D eigenvalue weighted by Gasteiger charge is -2.49. The van der Waals surface area contributed by atoms with Crippen LogP contribution in [-0.4, -0.2) is 7.11 Å². The van der Waals surface area contributed by atoms with Crippen molar-refractivity contribution in [2.75, 3.05) is 7.11 Å². The molecule has 0 radical (unpaired) electrons. The number of hydrogen-bond donors (Lipinski definition) is 0. The average molecular weight is 375 g/mol. The molecule has 138 valence electrons. The third-order valence-electron chi connectivity index (χ3n) is 8.04. The Balaban J connectivity index is 1.44. The predicted molar refractivity (Wildman–Crippen MR) is 113 cm³/mol. The molecule has 3 aliphatic rings. The first-order valence-corrected chi connectivity index (χ1v) is 11.2. The van der Waals surface area contributed by atoms with Crippen molar-refractivity contribution in [3.05, 3.63) is 64.0 Å². The van der Waals surface area contributed by atoms with E-state index in [4.69, 9.17) is 4.74 Å². The first-order chi connectivity index (χ1) is 13.2. The lowest BCUT2D eigenvalue weighted by atomic mass is 9.55. The van der Waals surface area contributed by atoms with Crippen LogP contribution in [0.4, 0.5) is 0 Å². The van der Waals surface area contributed by atoms with E-state index in [2.05, 4.69) is 48.7 Å². The third kappa shape index (κ3) is 2.11.